The first-order valence-corrected chi connectivity index (χ1v) is 7.27. The summed E-state index contributed by atoms with van der Waals surface area (Å²) in [5.74, 6) is 0.253. The van der Waals surface area contributed by atoms with E-state index in [0.717, 1.165) is 26.2 Å². The van der Waals surface area contributed by atoms with E-state index in [1.807, 2.05) is 17.9 Å². The maximum Gasteiger partial charge on any atom is 0.235 e. The van der Waals surface area contributed by atoms with Crippen LogP contribution in [-0.4, -0.2) is 42.2 Å². The van der Waals surface area contributed by atoms with Gasteiger partial charge in [-0.1, -0.05) is 17.7 Å². The highest BCUT2D eigenvalue weighted by Gasteiger charge is 2.22. The zero-order valence-electron chi connectivity index (χ0n) is 11.0. The van der Waals surface area contributed by atoms with Crippen LogP contribution in [0.4, 0.5) is 0 Å². The average Bonchev–Trinajstić information content (AvgIpc) is 2.39. The van der Waals surface area contributed by atoms with E-state index in [1.165, 1.54) is 10.5 Å². The van der Waals surface area contributed by atoms with Crippen LogP contribution in [0.25, 0.3) is 0 Å². The van der Waals surface area contributed by atoms with E-state index in [2.05, 4.69) is 30.4 Å². The monoisotopic (exact) mass is 264 g/mol. The van der Waals surface area contributed by atoms with Crippen molar-refractivity contribution in [3.63, 3.8) is 0 Å². The molecule has 1 aliphatic heterocycles. The maximum atomic E-state index is 12.3. The predicted molar refractivity (Wildman–Crippen MR) is 75.9 cm³/mol. The molecule has 0 radical (unpaired) electrons. The molecule has 1 saturated heterocycles. The summed E-state index contributed by atoms with van der Waals surface area (Å²) in [4.78, 5) is 15.4. The van der Waals surface area contributed by atoms with Gasteiger partial charge in [0.1, 0.15) is 0 Å². The lowest BCUT2D eigenvalue weighted by Gasteiger charge is -2.29. The number of benzene rings is 1. The minimum Gasteiger partial charge on any atom is -0.339 e. The number of carbonyl (C=O) groups excluding carboxylic acids is 1. The first-order chi connectivity index (χ1) is 8.66. The molecule has 1 unspecified atom stereocenters. The van der Waals surface area contributed by atoms with Crippen molar-refractivity contribution in [1.82, 2.24) is 10.2 Å². The Balaban J connectivity index is 1.94. The van der Waals surface area contributed by atoms with E-state index < -0.39 is 0 Å². The molecule has 3 nitrogen and oxygen atoms in total. The third-order valence-corrected chi connectivity index (χ3v) is 4.16. The maximum absolute atomic E-state index is 12.3. The molecular formula is C14H20N2OS. The molecule has 1 aromatic rings. The highest BCUT2D eigenvalue weighted by molar-refractivity contribution is 8.00. The second-order valence-electron chi connectivity index (χ2n) is 4.65. The number of aryl methyl sites for hydroxylation is 1. The second-order valence-corrected chi connectivity index (χ2v) is 6.07. The van der Waals surface area contributed by atoms with Crippen molar-refractivity contribution in [2.75, 3.05) is 26.2 Å². The molecule has 2 rings (SSSR count). The molecule has 1 aromatic carbocycles. The van der Waals surface area contributed by atoms with Gasteiger partial charge in [0.2, 0.25) is 5.91 Å². The van der Waals surface area contributed by atoms with E-state index in [9.17, 15) is 4.79 Å². The lowest BCUT2D eigenvalue weighted by atomic mass is 10.2. The van der Waals surface area contributed by atoms with E-state index in [4.69, 9.17) is 0 Å². The van der Waals surface area contributed by atoms with Crippen LogP contribution in [0.2, 0.25) is 0 Å². The van der Waals surface area contributed by atoms with Crippen LogP contribution >= 0.6 is 11.8 Å². The SMILES string of the molecule is Cc1cccc(SC(C)C(=O)N2CCNCC2)c1. The van der Waals surface area contributed by atoms with Gasteiger partial charge < -0.3 is 10.2 Å². The quantitative estimate of drug-likeness (QED) is 0.846. The summed E-state index contributed by atoms with van der Waals surface area (Å²) < 4.78 is 0. The number of amides is 1. The van der Waals surface area contributed by atoms with Crippen LogP contribution in [-0.2, 0) is 4.79 Å². The van der Waals surface area contributed by atoms with Crippen LogP contribution in [0, 0.1) is 6.92 Å². The number of hydrogen-bond donors (Lipinski definition) is 1. The molecule has 1 amide bonds. The minimum absolute atomic E-state index is 0.00935. The van der Waals surface area contributed by atoms with Gasteiger partial charge in [-0.25, -0.2) is 0 Å². The van der Waals surface area contributed by atoms with Gasteiger partial charge in [-0.15, -0.1) is 11.8 Å². The molecule has 1 aliphatic rings. The van der Waals surface area contributed by atoms with Crippen LogP contribution in [0.15, 0.2) is 29.2 Å². The van der Waals surface area contributed by atoms with Gasteiger partial charge in [-0.05, 0) is 26.0 Å². The lowest BCUT2D eigenvalue weighted by Crippen LogP contribution is -2.48. The molecule has 18 heavy (non-hydrogen) atoms. The normalized spacial score (nSPS) is 17.6. The van der Waals surface area contributed by atoms with Crippen molar-refractivity contribution in [2.24, 2.45) is 0 Å². The van der Waals surface area contributed by atoms with Crippen LogP contribution in [0.3, 0.4) is 0 Å². The summed E-state index contributed by atoms with van der Waals surface area (Å²) >= 11 is 1.65. The van der Waals surface area contributed by atoms with Crippen molar-refractivity contribution in [1.29, 1.82) is 0 Å². The zero-order chi connectivity index (χ0) is 13.0. The molecule has 0 aromatic heterocycles. The minimum atomic E-state index is -0.00935. The van der Waals surface area contributed by atoms with Crippen molar-refractivity contribution in [3.8, 4) is 0 Å². The highest BCUT2D eigenvalue weighted by Crippen LogP contribution is 2.25. The number of carbonyl (C=O) groups is 1. The van der Waals surface area contributed by atoms with E-state index in [-0.39, 0.29) is 11.2 Å². The van der Waals surface area contributed by atoms with Crippen molar-refractivity contribution >= 4 is 17.7 Å². The van der Waals surface area contributed by atoms with Crippen molar-refractivity contribution < 1.29 is 4.79 Å². The Bertz CT molecular complexity index is 416. The molecule has 0 bridgehead atoms. The fraction of sp³-hybridized carbons (Fsp3) is 0.500. The molecule has 1 heterocycles. The fourth-order valence-corrected chi connectivity index (χ4v) is 3.15. The summed E-state index contributed by atoms with van der Waals surface area (Å²) in [5.41, 5.74) is 1.24. The summed E-state index contributed by atoms with van der Waals surface area (Å²) in [5, 5.41) is 3.26. The summed E-state index contributed by atoms with van der Waals surface area (Å²) in [6.07, 6.45) is 0. The smallest absolute Gasteiger partial charge is 0.235 e. The van der Waals surface area contributed by atoms with Crippen LogP contribution < -0.4 is 5.32 Å². The molecule has 0 spiro atoms. The van der Waals surface area contributed by atoms with Gasteiger partial charge in [0.05, 0.1) is 5.25 Å². The Morgan fingerprint density at radius 3 is 2.78 bits per heavy atom. The Hall–Kier alpha value is -1.00. The Morgan fingerprint density at radius 1 is 1.39 bits per heavy atom. The summed E-state index contributed by atoms with van der Waals surface area (Å²) in [7, 11) is 0. The molecular weight excluding hydrogens is 244 g/mol. The summed E-state index contributed by atoms with van der Waals surface area (Å²) in [6, 6.07) is 8.32. The first kappa shape index (κ1) is 13.4. The van der Waals surface area contributed by atoms with Crippen molar-refractivity contribution in [2.45, 2.75) is 24.0 Å². The third kappa shape index (κ3) is 3.50. The fourth-order valence-electron chi connectivity index (χ4n) is 2.09. The number of nitrogens with zero attached hydrogens (tertiary/aromatic N) is 1. The van der Waals surface area contributed by atoms with Gasteiger partial charge in [-0.3, -0.25) is 4.79 Å². The molecule has 0 saturated carbocycles. The second kappa shape index (κ2) is 6.25. The molecule has 1 fully saturated rings. The van der Waals surface area contributed by atoms with Gasteiger partial charge in [0.25, 0.3) is 0 Å². The summed E-state index contributed by atoms with van der Waals surface area (Å²) in [6.45, 7) is 7.56. The first-order valence-electron chi connectivity index (χ1n) is 6.39. The lowest BCUT2D eigenvalue weighted by molar-refractivity contribution is -0.130. The standard InChI is InChI=1S/C14H20N2OS/c1-11-4-3-5-13(10-11)18-12(2)14(17)16-8-6-15-7-9-16/h3-5,10,12,15H,6-9H2,1-2H3. The van der Waals surface area contributed by atoms with Gasteiger partial charge >= 0.3 is 0 Å². The Morgan fingerprint density at radius 2 is 2.11 bits per heavy atom. The van der Waals surface area contributed by atoms with Crippen molar-refractivity contribution in [3.05, 3.63) is 29.8 Å². The average molecular weight is 264 g/mol. The van der Waals surface area contributed by atoms with E-state index in [0.29, 0.717) is 0 Å². The molecule has 4 heteroatoms. The van der Waals surface area contributed by atoms with Gasteiger partial charge in [0.15, 0.2) is 0 Å². The zero-order valence-corrected chi connectivity index (χ0v) is 11.8. The number of hydrogen-bond acceptors (Lipinski definition) is 3. The largest absolute Gasteiger partial charge is 0.339 e. The predicted octanol–water partition coefficient (Wildman–Crippen LogP) is 1.91. The highest BCUT2D eigenvalue weighted by atomic mass is 32.2. The number of thioether (sulfide) groups is 1. The van der Waals surface area contributed by atoms with Gasteiger partial charge in [-0.2, -0.15) is 0 Å². The van der Waals surface area contributed by atoms with Crippen LogP contribution in [0.5, 0.6) is 0 Å². The molecule has 1 N–H and O–H groups in total. The molecule has 98 valence electrons. The molecule has 1 atom stereocenters. The molecule has 0 aliphatic carbocycles. The number of piperazine rings is 1. The van der Waals surface area contributed by atoms with E-state index >= 15 is 0 Å². The number of nitrogens with one attached hydrogen (secondary N) is 1. The number of rotatable bonds is 3. The Labute approximate surface area is 113 Å². The van der Waals surface area contributed by atoms with Crippen LogP contribution in [0.1, 0.15) is 12.5 Å². The Kier molecular flexibility index (Phi) is 4.66. The van der Waals surface area contributed by atoms with Gasteiger partial charge in [0, 0.05) is 31.1 Å². The topological polar surface area (TPSA) is 32.3 Å². The van der Waals surface area contributed by atoms with E-state index in [1.54, 1.807) is 11.8 Å². The third-order valence-electron chi connectivity index (χ3n) is 3.08.